The van der Waals surface area contributed by atoms with E-state index in [4.69, 9.17) is 9.15 Å². The number of furan rings is 1. The Labute approximate surface area is 175 Å². The van der Waals surface area contributed by atoms with Gasteiger partial charge >= 0.3 is 0 Å². The molecule has 1 amide bonds. The molecule has 0 spiro atoms. The molecular weight excluding hydrogens is 406 g/mol. The lowest BCUT2D eigenvalue weighted by Crippen LogP contribution is -2.10. The number of benzene rings is 1. The number of carbonyl (C=O) groups is 1. The molecule has 0 aliphatic heterocycles. The van der Waals surface area contributed by atoms with E-state index in [-0.39, 0.29) is 22.8 Å². The molecule has 8 nitrogen and oxygen atoms in total. The van der Waals surface area contributed by atoms with Crippen LogP contribution in [-0.4, -0.2) is 17.9 Å². The monoisotopic (exact) mass is 423 g/mol. The van der Waals surface area contributed by atoms with Crippen LogP contribution >= 0.6 is 11.3 Å². The molecule has 1 aliphatic rings. The molecule has 0 atom stereocenters. The Morgan fingerprint density at radius 1 is 1.30 bits per heavy atom. The van der Waals surface area contributed by atoms with Gasteiger partial charge in [0.05, 0.1) is 29.2 Å². The average Bonchev–Trinajstić information content (AvgIpc) is 3.37. The molecule has 0 bridgehead atoms. The van der Waals surface area contributed by atoms with Crippen LogP contribution in [0.3, 0.4) is 0 Å². The Kier molecular flexibility index (Phi) is 5.25. The first-order chi connectivity index (χ1) is 14.5. The van der Waals surface area contributed by atoms with E-state index in [1.807, 2.05) is 0 Å². The number of rotatable bonds is 5. The largest absolute Gasteiger partial charge is 0.497 e. The third kappa shape index (κ3) is 3.53. The highest BCUT2D eigenvalue weighted by Gasteiger charge is 2.24. The number of nitro groups is 1. The van der Waals surface area contributed by atoms with Gasteiger partial charge in [0.15, 0.2) is 5.76 Å². The van der Waals surface area contributed by atoms with Crippen LogP contribution in [0, 0.1) is 21.4 Å². The number of thiophene rings is 1. The predicted molar refractivity (Wildman–Crippen MR) is 111 cm³/mol. The Hall–Kier alpha value is -3.64. The average molecular weight is 423 g/mol. The van der Waals surface area contributed by atoms with Crippen molar-refractivity contribution in [3.8, 4) is 23.1 Å². The zero-order chi connectivity index (χ0) is 21.3. The summed E-state index contributed by atoms with van der Waals surface area (Å²) in [6, 6.07) is 9.56. The second-order valence-corrected chi connectivity index (χ2v) is 7.89. The van der Waals surface area contributed by atoms with Crippen LogP contribution in [0.1, 0.15) is 39.4 Å². The van der Waals surface area contributed by atoms with Crippen molar-refractivity contribution in [1.29, 1.82) is 5.26 Å². The second-order valence-electron chi connectivity index (χ2n) is 6.79. The van der Waals surface area contributed by atoms with Crippen molar-refractivity contribution in [2.45, 2.75) is 25.7 Å². The van der Waals surface area contributed by atoms with Gasteiger partial charge in [0.25, 0.3) is 11.6 Å². The topological polar surface area (TPSA) is 118 Å². The number of carbonyl (C=O) groups excluding carboxylic acids is 1. The smallest absolute Gasteiger partial charge is 0.292 e. The molecule has 3 aromatic rings. The lowest BCUT2D eigenvalue weighted by molar-refractivity contribution is -0.384. The minimum Gasteiger partial charge on any atom is -0.497 e. The van der Waals surface area contributed by atoms with Gasteiger partial charge in [0, 0.05) is 4.88 Å². The third-order valence-electron chi connectivity index (χ3n) is 5.01. The molecule has 0 saturated heterocycles. The van der Waals surface area contributed by atoms with E-state index in [1.54, 1.807) is 6.07 Å². The van der Waals surface area contributed by atoms with Crippen molar-refractivity contribution in [3.63, 3.8) is 0 Å². The molecule has 30 heavy (non-hydrogen) atoms. The van der Waals surface area contributed by atoms with Crippen LogP contribution in [0.2, 0.25) is 0 Å². The molecule has 9 heteroatoms. The minimum absolute atomic E-state index is 0.00498. The molecule has 0 fully saturated rings. The normalized spacial score (nSPS) is 12.7. The van der Waals surface area contributed by atoms with E-state index in [9.17, 15) is 20.2 Å². The third-order valence-corrected chi connectivity index (χ3v) is 6.21. The summed E-state index contributed by atoms with van der Waals surface area (Å²) >= 11 is 1.42. The summed E-state index contributed by atoms with van der Waals surface area (Å²) < 4.78 is 10.6. The molecule has 2 heterocycles. The lowest BCUT2D eigenvalue weighted by Gasteiger charge is -2.09. The number of nitrogens with one attached hydrogen (secondary N) is 1. The van der Waals surface area contributed by atoms with E-state index in [0.717, 1.165) is 36.1 Å². The van der Waals surface area contributed by atoms with Gasteiger partial charge in [-0.2, -0.15) is 5.26 Å². The summed E-state index contributed by atoms with van der Waals surface area (Å²) in [4.78, 5) is 24.7. The Bertz CT molecular complexity index is 1190. The van der Waals surface area contributed by atoms with Gasteiger partial charge in [-0.25, -0.2) is 0 Å². The quantitative estimate of drug-likeness (QED) is 0.459. The highest BCUT2D eigenvalue weighted by atomic mass is 32.1. The van der Waals surface area contributed by atoms with Crippen LogP contribution in [0.4, 0.5) is 10.7 Å². The van der Waals surface area contributed by atoms with Crippen LogP contribution in [-0.2, 0) is 12.8 Å². The fraction of sp³-hybridized carbons (Fsp3) is 0.238. The summed E-state index contributed by atoms with van der Waals surface area (Å²) in [5, 5.41) is 24.2. The summed E-state index contributed by atoms with van der Waals surface area (Å²) in [6.45, 7) is 0. The number of methoxy groups -OCH3 is 1. The molecule has 0 saturated carbocycles. The maximum absolute atomic E-state index is 12.7. The van der Waals surface area contributed by atoms with E-state index in [0.29, 0.717) is 16.3 Å². The highest BCUT2D eigenvalue weighted by Crippen LogP contribution is 2.38. The molecule has 1 aromatic carbocycles. The molecule has 2 aromatic heterocycles. The SMILES string of the molecule is COc1ccc(-c2ccc(C(=O)Nc3sc4c(c3C#N)CCCC4)o2)c([N+](=O)[O-])c1. The van der Waals surface area contributed by atoms with E-state index < -0.39 is 10.8 Å². The van der Waals surface area contributed by atoms with Gasteiger partial charge in [-0.15, -0.1) is 11.3 Å². The van der Waals surface area contributed by atoms with E-state index in [1.165, 1.54) is 42.7 Å². The highest BCUT2D eigenvalue weighted by molar-refractivity contribution is 7.16. The number of nitrogens with zero attached hydrogens (tertiary/aromatic N) is 2. The first kappa shape index (κ1) is 19.7. The summed E-state index contributed by atoms with van der Waals surface area (Å²) in [7, 11) is 1.42. The maximum Gasteiger partial charge on any atom is 0.292 e. The van der Waals surface area contributed by atoms with Crippen molar-refractivity contribution < 1.29 is 18.9 Å². The molecule has 152 valence electrons. The lowest BCUT2D eigenvalue weighted by atomic mass is 9.96. The molecule has 0 unspecified atom stereocenters. The zero-order valence-electron chi connectivity index (χ0n) is 16.1. The minimum atomic E-state index is -0.532. The van der Waals surface area contributed by atoms with E-state index in [2.05, 4.69) is 11.4 Å². The van der Waals surface area contributed by atoms with Crippen molar-refractivity contribution in [1.82, 2.24) is 0 Å². The number of aryl methyl sites for hydroxylation is 1. The predicted octanol–water partition coefficient (Wildman–Crippen LogP) is 4.93. The standard InChI is InChI=1S/C21H17N3O5S/c1-28-12-6-7-14(16(10-12)24(26)27)17-8-9-18(29-17)20(25)23-21-15(11-22)13-4-2-3-5-19(13)30-21/h6-10H,2-5H2,1H3,(H,23,25). The summed E-state index contributed by atoms with van der Waals surface area (Å²) in [5.41, 5.74) is 1.59. The van der Waals surface area contributed by atoms with Gasteiger partial charge in [-0.05, 0) is 55.5 Å². The Morgan fingerprint density at radius 2 is 2.10 bits per heavy atom. The molecular formula is C21H17N3O5S. The van der Waals surface area contributed by atoms with Gasteiger partial charge in [-0.3, -0.25) is 14.9 Å². The second kappa shape index (κ2) is 8.00. The van der Waals surface area contributed by atoms with Gasteiger partial charge in [-0.1, -0.05) is 0 Å². The molecule has 1 N–H and O–H groups in total. The van der Waals surface area contributed by atoms with Crippen molar-refractivity contribution in [3.05, 3.63) is 62.2 Å². The van der Waals surface area contributed by atoms with Crippen molar-refractivity contribution >= 4 is 27.9 Å². The van der Waals surface area contributed by atoms with Gasteiger partial charge in [0.2, 0.25) is 0 Å². The molecule has 4 rings (SSSR count). The number of nitro benzene ring substituents is 1. The fourth-order valence-corrected chi connectivity index (χ4v) is 4.77. The van der Waals surface area contributed by atoms with Crippen molar-refractivity contribution in [2.75, 3.05) is 12.4 Å². The number of anilines is 1. The Balaban J connectivity index is 1.61. The first-order valence-corrected chi connectivity index (χ1v) is 10.1. The van der Waals surface area contributed by atoms with Crippen molar-refractivity contribution in [2.24, 2.45) is 0 Å². The van der Waals surface area contributed by atoms with Gasteiger partial charge < -0.3 is 14.5 Å². The van der Waals surface area contributed by atoms with Crippen LogP contribution < -0.4 is 10.1 Å². The zero-order valence-corrected chi connectivity index (χ0v) is 16.9. The first-order valence-electron chi connectivity index (χ1n) is 9.30. The number of hydrogen-bond acceptors (Lipinski definition) is 7. The van der Waals surface area contributed by atoms with E-state index >= 15 is 0 Å². The number of nitriles is 1. The van der Waals surface area contributed by atoms with Crippen LogP contribution in [0.15, 0.2) is 34.7 Å². The fourth-order valence-electron chi connectivity index (χ4n) is 3.54. The molecule has 0 radical (unpaired) electrons. The number of hydrogen-bond donors (Lipinski definition) is 1. The summed E-state index contributed by atoms with van der Waals surface area (Å²) in [6.07, 6.45) is 3.87. The summed E-state index contributed by atoms with van der Waals surface area (Å²) in [5.74, 6) is 0.0408. The van der Waals surface area contributed by atoms with Crippen LogP contribution in [0.5, 0.6) is 5.75 Å². The maximum atomic E-state index is 12.7. The molecule has 1 aliphatic carbocycles. The Morgan fingerprint density at radius 3 is 2.83 bits per heavy atom. The van der Waals surface area contributed by atoms with Crippen LogP contribution in [0.25, 0.3) is 11.3 Å². The number of fused-ring (bicyclic) bond motifs is 1. The van der Waals surface area contributed by atoms with Gasteiger partial charge in [0.1, 0.15) is 22.6 Å². The number of amides is 1. The number of ether oxygens (including phenoxy) is 1.